The molecule has 0 aromatic carbocycles. The van der Waals surface area contributed by atoms with Gasteiger partial charge in [-0.05, 0) is 83.5 Å². The third-order valence-electron chi connectivity index (χ3n) is 17.5. The average molecular weight is 1290 g/mol. The molecule has 3 atom stereocenters. The lowest BCUT2D eigenvalue weighted by Gasteiger charge is -2.25. The van der Waals surface area contributed by atoms with E-state index >= 15 is 0 Å². The summed E-state index contributed by atoms with van der Waals surface area (Å²) in [5, 5.41) is 14.0. The number of amides is 1. The van der Waals surface area contributed by atoms with Crippen LogP contribution in [0.4, 0.5) is 0 Å². The lowest BCUT2D eigenvalue weighted by atomic mass is 10.0. The summed E-state index contributed by atoms with van der Waals surface area (Å²) in [6.45, 7) is 4.73. The molecule has 8 nitrogen and oxygen atoms in total. The number of nitrogens with one attached hydrogen (secondary N) is 1. The van der Waals surface area contributed by atoms with Crippen LogP contribution in [0.25, 0.3) is 0 Å². The molecule has 0 aromatic rings. The molecule has 3 unspecified atom stereocenters. The number of likely N-dealkylation sites (N-methyl/N-ethyl adjacent to an activating group) is 1. The monoisotopic (exact) mass is 1290 g/mol. The second kappa shape index (κ2) is 71.7. The normalized spacial score (nSPS) is 14.1. The molecule has 0 spiro atoms. The molecule has 0 aromatic heterocycles. The predicted octanol–water partition coefficient (Wildman–Crippen LogP) is 25.6. The summed E-state index contributed by atoms with van der Waals surface area (Å²) in [4.78, 5) is 23.5. The molecule has 0 aliphatic heterocycles. The number of carbonyl (C=O) groups excluding carboxylic acids is 1. The van der Waals surface area contributed by atoms with Crippen LogP contribution >= 0.6 is 7.82 Å². The van der Waals surface area contributed by atoms with Gasteiger partial charge in [-0.2, -0.15) is 0 Å². The smallest absolute Gasteiger partial charge is 0.387 e. The van der Waals surface area contributed by atoms with Gasteiger partial charge >= 0.3 is 7.82 Å². The maximum atomic E-state index is 13.1. The van der Waals surface area contributed by atoms with E-state index in [4.69, 9.17) is 9.05 Å². The molecule has 0 aliphatic carbocycles. The van der Waals surface area contributed by atoms with Gasteiger partial charge in [0.05, 0.1) is 39.9 Å². The van der Waals surface area contributed by atoms with E-state index in [0.29, 0.717) is 17.4 Å². The van der Waals surface area contributed by atoms with E-state index in [9.17, 15) is 19.4 Å². The fraction of sp³-hybridized carbons (Fsp3) is 0.793. The summed E-state index contributed by atoms with van der Waals surface area (Å²) in [7, 11) is 1.56. The molecular weight excluding hydrogens is 1140 g/mol. The van der Waals surface area contributed by atoms with E-state index in [0.717, 1.165) is 77.0 Å². The van der Waals surface area contributed by atoms with Crippen molar-refractivity contribution in [1.82, 2.24) is 5.32 Å². The molecule has 530 valence electrons. The average Bonchev–Trinajstić information content (AvgIpc) is 3.58. The zero-order valence-electron chi connectivity index (χ0n) is 60.8. The molecule has 9 heteroatoms. The van der Waals surface area contributed by atoms with Gasteiger partial charge in [0.25, 0.3) is 0 Å². The summed E-state index contributed by atoms with van der Waals surface area (Å²) >= 11 is 0. The van der Waals surface area contributed by atoms with Crippen molar-refractivity contribution in [2.45, 2.75) is 379 Å². The Labute approximate surface area is 566 Å². The van der Waals surface area contributed by atoms with Crippen molar-refractivity contribution < 1.29 is 32.9 Å². The maximum Gasteiger partial charge on any atom is 0.472 e. The van der Waals surface area contributed by atoms with Crippen LogP contribution in [0, 0.1) is 0 Å². The van der Waals surface area contributed by atoms with E-state index < -0.39 is 20.0 Å². The van der Waals surface area contributed by atoms with E-state index in [1.165, 1.54) is 270 Å². The number of unbranched alkanes of at least 4 members (excludes halogenated alkanes) is 45. The highest BCUT2D eigenvalue weighted by molar-refractivity contribution is 7.47. The number of hydrogen-bond donors (Lipinski definition) is 3. The van der Waals surface area contributed by atoms with E-state index in [2.05, 4.69) is 104 Å². The summed E-state index contributed by atoms with van der Waals surface area (Å²) in [5.74, 6) is -0.182. The Kier molecular flexibility index (Phi) is 69.7. The molecule has 0 fully saturated rings. The van der Waals surface area contributed by atoms with Crippen LogP contribution in [0.5, 0.6) is 0 Å². The fourth-order valence-electron chi connectivity index (χ4n) is 11.5. The third-order valence-corrected chi connectivity index (χ3v) is 18.5. The largest absolute Gasteiger partial charge is 0.472 e. The first kappa shape index (κ1) is 88.4. The van der Waals surface area contributed by atoms with Crippen molar-refractivity contribution in [2.24, 2.45) is 0 Å². The van der Waals surface area contributed by atoms with Crippen molar-refractivity contribution in [3.8, 4) is 0 Å². The van der Waals surface area contributed by atoms with Crippen molar-refractivity contribution >= 4 is 13.7 Å². The van der Waals surface area contributed by atoms with Crippen molar-refractivity contribution in [2.75, 3.05) is 40.9 Å². The van der Waals surface area contributed by atoms with Gasteiger partial charge in [-0.15, -0.1) is 0 Å². The number of phosphoric ester groups is 1. The molecular formula is C82H152N2O6P+. The molecule has 1 amide bonds. The van der Waals surface area contributed by atoms with Crippen LogP contribution in [-0.2, 0) is 18.4 Å². The molecule has 91 heavy (non-hydrogen) atoms. The molecule has 0 saturated heterocycles. The molecule has 0 aliphatic rings. The lowest BCUT2D eigenvalue weighted by Crippen LogP contribution is -2.45. The lowest BCUT2D eigenvalue weighted by molar-refractivity contribution is -0.870. The third kappa shape index (κ3) is 74.7. The number of phosphoric acid groups is 1. The zero-order valence-corrected chi connectivity index (χ0v) is 61.7. The van der Waals surface area contributed by atoms with Crippen molar-refractivity contribution in [3.63, 3.8) is 0 Å². The molecule has 3 N–H and O–H groups in total. The van der Waals surface area contributed by atoms with Gasteiger partial charge in [-0.3, -0.25) is 13.8 Å². The highest BCUT2D eigenvalue weighted by Gasteiger charge is 2.28. The van der Waals surface area contributed by atoms with Crippen LogP contribution in [0.3, 0.4) is 0 Å². The first-order chi connectivity index (χ1) is 44.5. The van der Waals surface area contributed by atoms with E-state index in [-0.39, 0.29) is 19.1 Å². The highest BCUT2D eigenvalue weighted by Crippen LogP contribution is 2.43. The van der Waals surface area contributed by atoms with Crippen LogP contribution in [0.2, 0.25) is 0 Å². The van der Waals surface area contributed by atoms with Crippen molar-refractivity contribution in [3.05, 3.63) is 97.2 Å². The van der Waals surface area contributed by atoms with E-state index in [1.54, 1.807) is 6.08 Å². The number of rotatable bonds is 72. The highest BCUT2D eigenvalue weighted by atomic mass is 31.2. The number of aliphatic hydroxyl groups excluding tert-OH is 1. The van der Waals surface area contributed by atoms with Crippen molar-refractivity contribution in [1.29, 1.82) is 0 Å². The molecule has 0 heterocycles. The fourth-order valence-corrected chi connectivity index (χ4v) is 12.3. The van der Waals surface area contributed by atoms with Crippen LogP contribution in [-0.4, -0.2) is 73.4 Å². The number of carbonyl (C=O) groups is 1. The van der Waals surface area contributed by atoms with Gasteiger partial charge in [0.1, 0.15) is 13.2 Å². The van der Waals surface area contributed by atoms with Crippen LogP contribution < -0.4 is 5.32 Å². The minimum Gasteiger partial charge on any atom is -0.387 e. The Balaban J connectivity index is 4.01. The molecule has 0 rings (SSSR count). The Hall–Kier alpha value is -2.58. The Morgan fingerprint density at radius 3 is 1.01 bits per heavy atom. The maximum absolute atomic E-state index is 13.1. The first-order valence-electron chi connectivity index (χ1n) is 39.1. The second-order valence-corrected chi connectivity index (χ2v) is 29.2. The van der Waals surface area contributed by atoms with Crippen LogP contribution in [0.15, 0.2) is 97.2 Å². The summed E-state index contributed by atoms with van der Waals surface area (Å²) in [6.07, 6.45) is 105. The topological polar surface area (TPSA) is 105 Å². The minimum absolute atomic E-state index is 0.0551. The summed E-state index contributed by atoms with van der Waals surface area (Å²) in [5.41, 5.74) is 0. The number of nitrogens with zero attached hydrogens (tertiary/aromatic N) is 1. The quantitative estimate of drug-likeness (QED) is 0.0243. The Morgan fingerprint density at radius 1 is 0.385 bits per heavy atom. The Bertz CT molecular complexity index is 1810. The molecule has 0 saturated carbocycles. The number of aliphatic hydroxyl groups is 1. The standard InChI is InChI=1S/C82H151N2O6P/c1-6-8-10-12-14-16-18-20-22-24-26-28-30-32-34-36-38-39-40-41-42-43-44-45-46-48-50-52-54-56-58-60-62-64-66-68-70-72-74-76-82(86)83-80(79-90-91(87,88)89-78-77-84(3,4)5)81(85)75-73-71-69-67-65-63-61-59-57-55-53-51-49-47-37-35-33-31-29-27-25-23-21-19-17-15-13-11-9-7-2/h8,10,14,16,20,22,26,28,32,34,38-39,65,67,73,75,80-81,85H,6-7,9,11-13,15,17-19,21,23-25,27,29-31,33,35-37,40-64,66,68-72,74,76-79H2,1-5H3,(H-,83,86,87,88)/p+1/b10-8-,16-14-,22-20-,28-26-,34-32-,39-38-,67-65+,75-73+. The van der Waals surface area contributed by atoms with Gasteiger partial charge in [0, 0.05) is 6.42 Å². The van der Waals surface area contributed by atoms with Crippen LogP contribution in [0.1, 0.15) is 367 Å². The Morgan fingerprint density at radius 2 is 0.670 bits per heavy atom. The number of hydrogen-bond acceptors (Lipinski definition) is 5. The summed E-state index contributed by atoms with van der Waals surface area (Å²) in [6, 6.07) is -0.868. The van der Waals surface area contributed by atoms with Gasteiger partial charge in [-0.25, -0.2) is 4.57 Å². The second-order valence-electron chi connectivity index (χ2n) is 27.7. The van der Waals surface area contributed by atoms with Gasteiger partial charge in [-0.1, -0.05) is 374 Å². The van der Waals surface area contributed by atoms with E-state index in [1.807, 2.05) is 27.2 Å². The van der Waals surface area contributed by atoms with Gasteiger partial charge in [0.15, 0.2) is 0 Å². The number of allylic oxidation sites excluding steroid dienone is 15. The first-order valence-corrected chi connectivity index (χ1v) is 40.6. The molecule has 0 radical (unpaired) electrons. The summed E-state index contributed by atoms with van der Waals surface area (Å²) < 4.78 is 23.9. The SMILES string of the molecule is CC/C=C\C/C=C\C/C=C\C/C=C\C/C=C\C/C=C\CCCCCCCCCCCCCCCCCCCCCCC(=O)NC(COP(=O)(O)OCC[N+](C)(C)C)C(O)/C=C/CC/C=C/CCCCCCCCCCCCCCCCCCCCCCCCCC. The van der Waals surface area contributed by atoms with Gasteiger partial charge in [0.2, 0.25) is 5.91 Å². The minimum atomic E-state index is -4.37. The molecule has 0 bridgehead atoms. The predicted molar refractivity (Wildman–Crippen MR) is 401 cm³/mol. The number of quaternary nitrogens is 1. The zero-order chi connectivity index (χ0) is 66.2. The van der Waals surface area contributed by atoms with Gasteiger partial charge < -0.3 is 19.8 Å².